The molecule has 0 unspecified atom stereocenters. The second-order valence-electron chi connectivity index (χ2n) is 12.8. The zero-order valence-corrected chi connectivity index (χ0v) is 34.0. The molecule has 57 heavy (non-hydrogen) atoms. The molecule has 0 aliphatic heterocycles. The molecule has 12 nitrogen and oxygen atoms in total. The Morgan fingerprint density at radius 2 is 0.667 bits per heavy atom. The van der Waals surface area contributed by atoms with E-state index in [4.69, 9.17) is 52.1 Å². The highest BCUT2D eigenvalue weighted by Crippen LogP contribution is 2.40. The smallest absolute Gasteiger partial charge is 0.305 e. The molecule has 0 amide bonds. The van der Waals surface area contributed by atoms with Crippen molar-refractivity contribution < 1.29 is 56.9 Å². The Balaban J connectivity index is 1.04. The summed E-state index contributed by atoms with van der Waals surface area (Å²) in [7, 11) is 0. The standard InChI is InChI=1S/C45H66O12/c1-2-3-7-20-44(46)56-39-37-54-35-33-52-31-29-50-27-25-48-23-21-47-22-24-49-26-28-51-30-32-53-34-36-55-38-40-57-45(41-14-8-4-9-15-41,42-16-10-5-11-17-42)43-18-12-6-13-19-43/h4-6,8-19H,2-3,7,20-40H2,1H3. The monoisotopic (exact) mass is 798 g/mol. The SMILES string of the molecule is CCCCCC(=O)OCCOCCOCCOCCOCCOCCOCCOCCOCCOCCOC(c1ccccc1)(c1ccccc1)c1ccccc1. The molecule has 3 rings (SSSR count). The van der Waals surface area contributed by atoms with Gasteiger partial charge in [0.05, 0.1) is 126 Å². The minimum atomic E-state index is -0.755. The van der Waals surface area contributed by atoms with Crippen LogP contribution in [-0.4, -0.2) is 138 Å². The van der Waals surface area contributed by atoms with Crippen molar-refractivity contribution in [2.24, 2.45) is 0 Å². The summed E-state index contributed by atoms with van der Waals surface area (Å²) in [5, 5.41) is 0. The number of ether oxygens (including phenoxy) is 11. The number of hydrogen-bond acceptors (Lipinski definition) is 12. The van der Waals surface area contributed by atoms with Gasteiger partial charge in [0.15, 0.2) is 0 Å². The van der Waals surface area contributed by atoms with Gasteiger partial charge in [0.2, 0.25) is 0 Å². The maximum absolute atomic E-state index is 11.5. The Hall–Kier alpha value is -3.27. The van der Waals surface area contributed by atoms with Crippen LogP contribution in [0.25, 0.3) is 0 Å². The van der Waals surface area contributed by atoms with E-state index in [1.807, 2.05) is 54.6 Å². The van der Waals surface area contributed by atoms with Crippen LogP contribution in [0.4, 0.5) is 0 Å². The summed E-state index contributed by atoms with van der Waals surface area (Å²) >= 11 is 0. The highest BCUT2D eigenvalue weighted by molar-refractivity contribution is 5.69. The lowest BCUT2D eigenvalue weighted by Crippen LogP contribution is -2.34. The van der Waals surface area contributed by atoms with Gasteiger partial charge < -0.3 is 52.1 Å². The second kappa shape index (κ2) is 33.7. The molecule has 0 bridgehead atoms. The Morgan fingerprint density at radius 3 is 0.965 bits per heavy atom. The van der Waals surface area contributed by atoms with Gasteiger partial charge in [-0.05, 0) is 23.1 Å². The third-order valence-electron chi connectivity index (χ3n) is 8.54. The molecule has 0 fully saturated rings. The molecule has 12 heteroatoms. The van der Waals surface area contributed by atoms with Crippen LogP contribution in [0.1, 0.15) is 49.3 Å². The number of rotatable bonds is 38. The second-order valence-corrected chi connectivity index (χ2v) is 12.8. The summed E-state index contributed by atoms with van der Waals surface area (Å²) in [4.78, 5) is 11.5. The fourth-order valence-electron chi connectivity index (χ4n) is 5.69. The molecule has 0 aliphatic rings. The number of unbranched alkanes of at least 4 members (excludes halogenated alkanes) is 2. The first-order valence-corrected chi connectivity index (χ1v) is 20.4. The summed E-state index contributed by atoms with van der Waals surface area (Å²) < 4.78 is 61.9. The van der Waals surface area contributed by atoms with Crippen LogP contribution in [-0.2, 0) is 62.5 Å². The average Bonchev–Trinajstić information content (AvgIpc) is 3.25. The highest BCUT2D eigenvalue weighted by atomic mass is 16.6. The van der Waals surface area contributed by atoms with E-state index in [1.165, 1.54) is 0 Å². The fourth-order valence-corrected chi connectivity index (χ4v) is 5.69. The largest absolute Gasteiger partial charge is 0.463 e. The van der Waals surface area contributed by atoms with Gasteiger partial charge in [-0.1, -0.05) is 111 Å². The van der Waals surface area contributed by atoms with Crippen LogP contribution in [0.3, 0.4) is 0 Å². The summed E-state index contributed by atoms with van der Waals surface area (Å²) in [5.74, 6) is -0.161. The third kappa shape index (κ3) is 21.9. The number of esters is 1. The van der Waals surface area contributed by atoms with E-state index in [0.29, 0.717) is 132 Å². The first kappa shape index (κ1) is 48.1. The van der Waals surface area contributed by atoms with Crippen LogP contribution in [0.2, 0.25) is 0 Å². The molecular formula is C45H66O12. The predicted molar refractivity (Wildman–Crippen MR) is 218 cm³/mol. The molecule has 0 atom stereocenters. The van der Waals surface area contributed by atoms with E-state index in [9.17, 15) is 4.79 Å². The maximum Gasteiger partial charge on any atom is 0.305 e. The first-order valence-electron chi connectivity index (χ1n) is 20.4. The lowest BCUT2D eigenvalue weighted by atomic mass is 9.80. The molecule has 3 aromatic rings. The minimum absolute atomic E-state index is 0.161. The van der Waals surface area contributed by atoms with Crippen LogP contribution in [0, 0.1) is 0 Å². The molecule has 0 heterocycles. The molecule has 0 saturated heterocycles. The van der Waals surface area contributed by atoms with Crippen molar-refractivity contribution in [1.29, 1.82) is 0 Å². The number of carbonyl (C=O) groups excluding carboxylic acids is 1. The number of hydrogen-bond donors (Lipinski definition) is 0. The van der Waals surface area contributed by atoms with E-state index >= 15 is 0 Å². The maximum atomic E-state index is 11.5. The van der Waals surface area contributed by atoms with Gasteiger partial charge >= 0.3 is 5.97 Å². The van der Waals surface area contributed by atoms with E-state index < -0.39 is 5.60 Å². The van der Waals surface area contributed by atoms with Gasteiger partial charge in [0.1, 0.15) is 12.2 Å². The highest BCUT2D eigenvalue weighted by Gasteiger charge is 2.37. The number of carbonyl (C=O) groups is 1. The van der Waals surface area contributed by atoms with Crippen molar-refractivity contribution in [2.75, 3.05) is 132 Å². The number of benzene rings is 3. The fraction of sp³-hybridized carbons (Fsp3) is 0.578. The summed E-state index contributed by atoms with van der Waals surface area (Å²) in [6, 6.07) is 31.0. The van der Waals surface area contributed by atoms with Crippen molar-refractivity contribution in [1.82, 2.24) is 0 Å². The lowest BCUT2D eigenvalue weighted by molar-refractivity contribution is -0.145. The topological polar surface area (TPSA) is 119 Å². The minimum Gasteiger partial charge on any atom is -0.463 e. The van der Waals surface area contributed by atoms with Gasteiger partial charge in [0.25, 0.3) is 0 Å². The normalized spacial score (nSPS) is 11.6. The molecule has 0 saturated carbocycles. The summed E-state index contributed by atoms with van der Waals surface area (Å²) in [6.07, 6.45) is 3.48. The zero-order chi connectivity index (χ0) is 40.2. The summed E-state index contributed by atoms with van der Waals surface area (Å²) in [6.45, 7) is 11.3. The Morgan fingerprint density at radius 1 is 0.386 bits per heavy atom. The van der Waals surface area contributed by atoms with Crippen LogP contribution in [0.15, 0.2) is 91.0 Å². The van der Waals surface area contributed by atoms with Gasteiger partial charge in [0, 0.05) is 6.42 Å². The molecule has 0 aromatic heterocycles. The predicted octanol–water partition coefficient (Wildman–Crippen LogP) is 6.27. The Kier molecular flexibility index (Phi) is 28.4. The quantitative estimate of drug-likeness (QED) is 0.0370. The van der Waals surface area contributed by atoms with Crippen molar-refractivity contribution in [3.63, 3.8) is 0 Å². The van der Waals surface area contributed by atoms with E-state index in [0.717, 1.165) is 36.0 Å². The van der Waals surface area contributed by atoms with Crippen molar-refractivity contribution in [2.45, 2.75) is 38.2 Å². The van der Waals surface area contributed by atoms with Crippen LogP contribution in [0.5, 0.6) is 0 Å². The van der Waals surface area contributed by atoms with Gasteiger partial charge in [-0.15, -0.1) is 0 Å². The molecule has 0 radical (unpaired) electrons. The third-order valence-corrected chi connectivity index (χ3v) is 8.54. The molecule has 0 N–H and O–H groups in total. The van der Waals surface area contributed by atoms with Crippen molar-refractivity contribution in [3.05, 3.63) is 108 Å². The van der Waals surface area contributed by atoms with E-state index in [1.54, 1.807) is 0 Å². The zero-order valence-electron chi connectivity index (χ0n) is 34.0. The van der Waals surface area contributed by atoms with Crippen molar-refractivity contribution >= 4 is 5.97 Å². The Labute approximate surface area is 340 Å². The molecule has 0 spiro atoms. The molecule has 0 aliphatic carbocycles. The molecular weight excluding hydrogens is 732 g/mol. The van der Waals surface area contributed by atoms with Gasteiger partial charge in [-0.3, -0.25) is 4.79 Å². The molecule has 318 valence electrons. The van der Waals surface area contributed by atoms with Crippen LogP contribution < -0.4 is 0 Å². The lowest BCUT2D eigenvalue weighted by Gasteiger charge is -2.36. The van der Waals surface area contributed by atoms with E-state index in [-0.39, 0.29) is 12.6 Å². The Bertz CT molecular complexity index is 1240. The van der Waals surface area contributed by atoms with Gasteiger partial charge in [-0.25, -0.2) is 0 Å². The van der Waals surface area contributed by atoms with Crippen LogP contribution >= 0.6 is 0 Å². The van der Waals surface area contributed by atoms with E-state index in [2.05, 4.69) is 43.3 Å². The van der Waals surface area contributed by atoms with Crippen molar-refractivity contribution in [3.8, 4) is 0 Å². The average molecular weight is 799 g/mol. The molecule has 3 aromatic carbocycles. The summed E-state index contributed by atoms with van der Waals surface area (Å²) in [5.41, 5.74) is 2.44. The first-order chi connectivity index (χ1) is 28.3. The van der Waals surface area contributed by atoms with Gasteiger partial charge in [-0.2, -0.15) is 0 Å².